The summed E-state index contributed by atoms with van der Waals surface area (Å²) in [6.07, 6.45) is -10.3. The van der Waals surface area contributed by atoms with Crippen molar-refractivity contribution >= 4 is 23.4 Å². The highest BCUT2D eigenvalue weighted by molar-refractivity contribution is 5.85. The fraction of sp³-hybridized carbons (Fsp3) is 0.286. The van der Waals surface area contributed by atoms with Gasteiger partial charge < -0.3 is 9.64 Å². The molecule has 0 saturated heterocycles. The number of aromatic nitrogens is 3. The van der Waals surface area contributed by atoms with E-state index in [9.17, 15) is 31.1 Å². The Bertz CT molecular complexity index is 1190. The normalized spacial score (nSPS) is 11.9. The number of anilines is 3. The minimum atomic E-state index is -4.80. The number of benzene rings is 2. The number of nitrogens with zero attached hydrogens (tertiary/aromatic N) is 4. The van der Waals surface area contributed by atoms with Gasteiger partial charge in [0.1, 0.15) is 0 Å². The fourth-order valence-electron chi connectivity index (χ4n) is 3.19. The summed E-state index contributed by atoms with van der Waals surface area (Å²) in [7, 11) is 2.81. The molecule has 1 heterocycles. The molecule has 182 valence electrons. The zero-order valence-electron chi connectivity index (χ0n) is 18.1. The standard InChI is InChI=1S/C21H19F6N5O2/c1-4-34-19(33)28-13-8-9-15(16(11-13)21(25,26)27)17-29-30-18(32(17)3)31(2)14-7-5-6-12(10-14)20(22,23)24/h5-11H,4H2,1-3H3,(H,28,33). The lowest BCUT2D eigenvalue weighted by molar-refractivity contribution is -0.138. The van der Waals surface area contributed by atoms with E-state index in [0.717, 1.165) is 24.3 Å². The van der Waals surface area contributed by atoms with Crippen LogP contribution in [0.3, 0.4) is 0 Å². The molecule has 1 amide bonds. The number of ether oxygens (including phenoxy) is 1. The second kappa shape index (κ2) is 9.23. The molecule has 34 heavy (non-hydrogen) atoms. The lowest BCUT2D eigenvalue weighted by atomic mass is 10.1. The molecule has 0 bridgehead atoms. The first-order chi connectivity index (χ1) is 15.8. The third-order valence-corrected chi connectivity index (χ3v) is 4.80. The summed E-state index contributed by atoms with van der Waals surface area (Å²) in [4.78, 5) is 12.8. The van der Waals surface area contributed by atoms with E-state index in [1.807, 2.05) is 0 Å². The van der Waals surface area contributed by atoms with Gasteiger partial charge in [0.05, 0.1) is 17.7 Å². The number of nitrogens with one attached hydrogen (secondary N) is 1. The highest BCUT2D eigenvalue weighted by Crippen LogP contribution is 2.39. The van der Waals surface area contributed by atoms with Crippen molar-refractivity contribution in [1.82, 2.24) is 14.8 Å². The Labute approximate surface area is 190 Å². The molecule has 0 aliphatic rings. The smallest absolute Gasteiger partial charge is 0.417 e. The van der Waals surface area contributed by atoms with Crippen LogP contribution < -0.4 is 10.2 Å². The molecule has 0 aliphatic heterocycles. The van der Waals surface area contributed by atoms with Gasteiger partial charge in [-0.2, -0.15) is 26.3 Å². The molecule has 1 aromatic heterocycles. The van der Waals surface area contributed by atoms with Crippen LogP contribution in [0, 0.1) is 0 Å². The molecule has 0 atom stereocenters. The number of amides is 1. The maximum atomic E-state index is 13.8. The lowest BCUT2D eigenvalue weighted by Gasteiger charge is -2.20. The number of carbonyl (C=O) groups is 1. The lowest BCUT2D eigenvalue weighted by Crippen LogP contribution is -2.16. The quantitative estimate of drug-likeness (QED) is 0.457. The first kappa shape index (κ1) is 24.9. The van der Waals surface area contributed by atoms with Gasteiger partial charge in [0, 0.05) is 31.0 Å². The molecular weight excluding hydrogens is 468 g/mol. The summed E-state index contributed by atoms with van der Waals surface area (Å²) < 4.78 is 86.5. The Morgan fingerprint density at radius 1 is 1.06 bits per heavy atom. The van der Waals surface area contributed by atoms with E-state index < -0.39 is 29.6 Å². The number of hydrogen-bond acceptors (Lipinski definition) is 5. The summed E-state index contributed by atoms with van der Waals surface area (Å²) in [6, 6.07) is 7.50. The van der Waals surface area contributed by atoms with Crippen LogP contribution in [0.25, 0.3) is 11.4 Å². The van der Waals surface area contributed by atoms with Gasteiger partial charge in [-0.15, -0.1) is 10.2 Å². The Hall–Kier alpha value is -3.77. The molecule has 0 saturated carbocycles. The van der Waals surface area contributed by atoms with Gasteiger partial charge in [-0.3, -0.25) is 9.88 Å². The van der Waals surface area contributed by atoms with Crippen molar-refractivity contribution < 1.29 is 35.9 Å². The average molecular weight is 487 g/mol. The number of alkyl halides is 6. The molecule has 0 unspecified atom stereocenters. The average Bonchev–Trinajstić information content (AvgIpc) is 3.13. The molecule has 0 radical (unpaired) electrons. The topological polar surface area (TPSA) is 72.3 Å². The van der Waals surface area contributed by atoms with Crippen LogP contribution in [-0.4, -0.2) is 34.5 Å². The van der Waals surface area contributed by atoms with Crippen molar-refractivity contribution in [2.24, 2.45) is 7.05 Å². The third-order valence-electron chi connectivity index (χ3n) is 4.80. The fourth-order valence-corrected chi connectivity index (χ4v) is 3.19. The van der Waals surface area contributed by atoms with E-state index in [1.165, 1.54) is 41.8 Å². The Morgan fingerprint density at radius 2 is 1.76 bits per heavy atom. The van der Waals surface area contributed by atoms with Crippen LogP contribution >= 0.6 is 0 Å². The summed E-state index contributed by atoms with van der Waals surface area (Å²) in [5.74, 6) is -0.167. The molecule has 1 N–H and O–H groups in total. The molecule has 0 fully saturated rings. The monoisotopic (exact) mass is 487 g/mol. The van der Waals surface area contributed by atoms with Crippen LogP contribution in [0.15, 0.2) is 42.5 Å². The summed E-state index contributed by atoms with van der Waals surface area (Å²) in [5, 5.41) is 9.92. The minimum absolute atomic E-state index is 0.0103. The molecule has 3 aromatic rings. The van der Waals surface area contributed by atoms with Crippen molar-refractivity contribution in [2.75, 3.05) is 23.9 Å². The van der Waals surface area contributed by atoms with Crippen LogP contribution in [0.2, 0.25) is 0 Å². The minimum Gasteiger partial charge on any atom is -0.450 e. The molecule has 0 aliphatic carbocycles. The SMILES string of the molecule is CCOC(=O)Nc1ccc(-c2nnc(N(C)c3cccc(C(F)(F)F)c3)n2C)c(C(F)(F)F)c1. The third kappa shape index (κ3) is 5.24. The van der Waals surface area contributed by atoms with Crippen molar-refractivity contribution in [3.05, 3.63) is 53.6 Å². The highest BCUT2D eigenvalue weighted by Gasteiger charge is 2.36. The van der Waals surface area contributed by atoms with Gasteiger partial charge in [0.15, 0.2) is 5.82 Å². The van der Waals surface area contributed by atoms with Gasteiger partial charge in [0.25, 0.3) is 0 Å². The maximum Gasteiger partial charge on any atom is 0.417 e. The second-order valence-electron chi connectivity index (χ2n) is 7.09. The molecule has 7 nitrogen and oxygen atoms in total. The van der Waals surface area contributed by atoms with Crippen LogP contribution in [0.5, 0.6) is 0 Å². The van der Waals surface area contributed by atoms with E-state index in [0.29, 0.717) is 0 Å². The van der Waals surface area contributed by atoms with Gasteiger partial charge in [0.2, 0.25) is 5.95 Å². The molecule has 13 heteroatoms. The Morgan fingerprint density at radius 3 is 2.38 bits per heavy atom. The summed E-state index contributed by atoms with van der Waals surface area (Å²) in [6.45, 7) is 1.59. The maximum absolute atomic E-state index is 13.8. The van der Waals surface area contributed by atoms with Crippen LogP contribution in [0.4, 0.5) is 48.5 Å². The Balaban J connectivity index is 2.01. The van der Waals surface area contributed by atoms with E-state index >= 15 is 0 Å². The number of halogens is 6. The molecule has 2 aromatic carbocycles. The van der Waals surface area contributed by atoms with Crippen molar-refractivity contribution in [2.45, 2.75) is 19.3 Å². The first-order valence-corrected chi connectivity index (χ1v) is 9.78. The van der Waals surface area contributed by atoms with Crippen molar-refractivity contribution in [3.8, 4) is 11.4 Å². The van der Waals surface area contributed by atoms with Gasteiger partial charge in [-0.25, -0.2) is 4.79 Å². The summed E-state index contributed by atoms with van der Waals surface area (Å²) in [5.41, 5.74) is -2.34. The summed E-state index contributed by atoms with van der Waals surface area (Å²) >= 11 is 0. The molecule has 3 rings (SSSR count). The number of rotatable bonds is 5. The number of carbonyl (C=O) groups excluding carboxylic acids is 1. The Kier molecular flexibility index (Phi) is 6.75. The zero-order valence-corrected chi connectivity index (χ0v) is 18.1. The first-order valence-electron chi connectivity index (χ1n) is 9.78. The van der Waals surface area contributed by atoms with E-state index in [1.54, 1.807) is 6.92 Å². The van der Waals surface area contributed by atoms with Crippen molar-refractivity contribution in [1.29, 1.82) is 0 Å². The highest BCUT2D eigenvalue weighted by atomic mass is 19.4. The predicted octanol–water partition coefficient (Wildman–Crippen LogP) is 5.86. The number of hydrogen-bond donors (Lipinski definition) is 1. The van der Waals surface area contributed by atoms with Crippen LogP contribution in [0.1, 0.15) is 18.1 Å². The molecule has 0 spiro atoms. The van der Waals surface area contributed by atoms with Crippen molar-refractivity contribution in [3.63, 3.8) is 0 Å². The van der Waals surface area contributed by atoms with Gasteiger partial charge in [-0.1, -0.05) is 6.07 Å². The van der Waals surface area contributed by atoms with E-state index in [4.69, 9.17) is 0 Å². The predicted molar refractivity (Wildman–Crippen MR) is 112 cm³/mol. The largest absolute Gasteiger partial charge is 0.450 e. The van der Waals surface area contributed by atoms with Crippen LogP contribution in [-0.2, 0) is 24.1 Å². The van der Waals surface area contributed by atoms with Gasteiger partial charge in [-0.05, 0) is 43.3 Å². The van der Waals surface area contributed by atoms with E-state index in [2.05, 4.69) is 20.3 Å². The molecular formula is C21H19F6N5O2. The van der Waals surface area contributed by atoms with Gasteiger partial charge >= 0.3 is 18.4 Å². The zero-order chi connectivity index (χ0) is 25.3. The van der Waals surface area contributed by atoms with E-state index in [-0.39, 0.29) is 35.3 Å². The second-order valence-corrected chi connectivity index (χ2v) is 7.09.